The van der Waals surface area contributed by atoms with Gasteiger partial charge in [0.2, 0.25) is 5.82 Å². The molecule has 2 aliphatic rings. The summed E-state index contributed by atoms with van der Waals surface area (Å²) in [5, 5.41) is 9.37. The van der Waals surface area contributed by atoms with Gasteiger partial charge in [-0.2, -0.15) is 0 Å². The highest BCUT2D eigenvalue weighted by Gasteiger charge is 2.31. The van der Waals surface area contributed by atoms with E-state index in [1.54, 1.807) is 6.20 Å². The lowest BCUT2D eigenvalue weighted by molar-refractivity contribution is -0.108. The number of nitrogens with zero attached hydrogens (tertiary/aromatic N) is 3. The Kier molecular flexibility index (Phi) is 11.9. The van der Waals surface area contributed by atoms with E-state index >= 15 is 0 Å². The second kappa shape index (κ2) is 13.6. The van der Waals surface area contributed by atoms with E-state index in [2.05, 4.69) is 26.7 Å². The molecule has 1 saturated heterocycles. The molecule has 30 heavy (non-hydrogen) atoms. The number of aliphatic hydroxyl groups excluding tert-OH is 1. The van der Waals surface area contributed by atoms with Crippen molar-refractivity contribution < 1.29 is 14.6 Å². The second-order valence-corrected chi connectivity index (χ2v) is 7.50. The standard InChI is InChI=1S/C20H29N3O3.2C2H6/c1-4-25-20(2,3)9-5-18-21-10-6-19(22-18)23-11-7-16(8-12-23)26-17-13-15(24)14-17;2*1-2/h6,10,15-17,24H,4,7-8,11-14H2,1-3H3;2*1-2H3. The van der Waals surface area contributed by atoms with Crippen LogP contribution < -0.4 is 4.90 Å². The smallest absolute Gasteiger partial charge is 0.206 e. The van der Waals surface area contributed by atoms with Crippen LogP contribution in [0.15, 0.2) is 12.3 Å². The number of hydrogen-bond acceptors (Lipinski definition) is 6. The Morgan fingerprint density at radius 3 is 2.33 bits per heavy atom. The number of hydrogen-bond donors (Lipinski definition) is 1. The summed E-state index contributed by atoms with van der Waals surface area (Å²) >= 11 is 0. The molecule has 0 atom stereocenters. The third kappa shape index (κ3) is 8.59. The van der Waals surface area contributed by atoms with E-state index < -0.39 is 5.60 Å². The van der Waals surface area contributed by atoms with Gasteiger partial charge < -0.3 is 19.5 Å². The fraction of sp³-hybridized carbons (Fsp3) is 0.750. The lowest BCUT2D eigenvalue weighted by Gasteiger charge is -2.38. The zero-order chi connectivity index (χ0) is 22.6. The average Bonchev–Trinajstić information content (AvgIpc) is 2.75. The van der Waals surface area contributed by atoms with Gasteiger partial charge in [0, 0.05) is 25.9 Å². The highest BCUT2D eigenvalue weighted by Crippen LogP contribution is 2.28. The number of anilines is 1. The van der Waals surface area contributed by atoms with Gasteiger partial charge in [-0.1, -0.05) is 33.6 Å². The van der Waals surface area contributed by atoms with E-state index in [-0.39, 0.29) is 18.3 Å². The molecule has 6 heteroatoms. The molecule has 0 aromatic carbocycles. The zero-order valence-electron chi connectivity index (χ0n) is 19.9. The van der Waals surface area contributed by atoms with Crippen molar-refractivity contribution in [2.45, 2.75) is 98.1 Å². The first-order chi connectivity index (χ1) is 14.4. The SMILES string of the molecule is CC.CC.CCOC(C)(C)C#Cc1nccc(N2CCC(OC3CC(O)C3)CC2)n1. The van der Waals surface area contributed by atoms with Crippen LogP contribution in [0.5, 0.6) is 0 Å². The van der Waals surface area contributed by atoms with Crippen LogP contribution in [0.1, 0.15) is 80.0 Å². The van der Waals surface area contributed by atoms with Gasteiger partial charge in [-0.25, -0.2) is 9.97 Å². The Morgan fingerprint density at radius 2 is 1.77 bits per heavy atom. The number of ether oxygens (including phenoxy) is 2. The molecule has 1 aliphatic heterocycles. The van der Waals surface area contributed by atoms with E-state index in [1.807, 2.05) is 54.5 Å². The summed E-state index contributed by atoms with van der Waals surface area (Å²) in [6.07, 6.45) is 5.67. The van der Waals surface area contributed by atoms with Crippen LogP contribution in [-0.4, -0.2) is 58.7 Å². The molecule has 170 valence electrons. The summed E-state index contributed by atoms with van der Waals surface area (Å²) in [6, 6.07) is 1.93. The van der Waals surface area contributed by atoms with Crippen LogP contribution in [0.25, 0.3) is 0 Å². The lowest BCUT2D eigenvalue weighted by Crippen LogP contribution is -2.43. The second-order valence-electron chi connectivity index (χ2n) is 7.50. The number of aromatic nitrogens is 2. The fourth-order valence-electron chi connectivity index (χ4n) is 3.33. The summed E-state index contributed by atoms with van der Waals surface area (Å²) < 4.78 is 11.6. The summed E-state index contributed by atoms with van der Waals surface area (Å²) in [4.78, 5) is 11.1. The Morgan fingerprint density at radius 1 is 1.13 bits per heavy atom. The van der Waals surface area contributed by atoms with Crippen LogP contribution >= 0.6 is 0 Å². The largest absolute Gasteiger partial charge is 0.393 e. The van der Waals surface area contributed by atoms with Crippen molar-refractivity contribution in [3.63, 3.8) is 0 Å². The predicted molar refractivity (Wildman–Crippen MR) is 123 cm³/mol. The first-order valence-corrected chi connectivity index (χ1v) is 11.5. The van der Waals surface area contributed by atoms with Gasteiger partial charge in [0.15, 0.2) is 0 Å². The highest BCUT2D eigenvalue weighted by molar-refractivity contribution is 5.40. The van der Waals surface area contributed by atoms with Crippen molar-refractivity contribution in [1.82, 2.24) is 9.97 Å². The molecule has 2 heterocycles. The van der Waals surface area contributed by atoms with Gasteiger partial charge >= 0.3 is 0 Å². The molecule has 1 aromatic heterocycles. The third-order valence-corrected chi connectivity index (χ3v) is 4.84. The number of piperidine rings is 1. The third-order valence-electron chi connectivity index (χ3n) is 4.84. The van der Waals surface area contributed by atoms with Gasteiger partial charge in [0.25, 0.3) is 0 Å². The van der Waals surface area contributed by atoms with E-state index in [0.29, 0.717) is 12.4 Å². The Bertz CT molecular complexity index is 655. The molecule has 0 bridgehead atoms. The van der Waals surface area contributed by atoms with Crippen molar-refractivity contribution in [3.05, 3.63) is 18.1 Å². The topological polar surface area (TPSA) is 67.7 Å². The van der Waals surface area contributed by atoms with Gasteiger partial charge in [0.1, 0.15) is 11.4 Å². The quantitative estimate of drug-likeness (QED) is 0.721. The normalized spacial score (nSPS) is 21.1. The highest BCUT2D eigenvalue weighted by atomic mass is 16.5. The molecule has 1 N–H and O–H groups in total. The maximum atomic E-state index is 9.37. The summed E-state index contributed by atoms with van der Waals surface area (Å²) in [7, 11) is 0. The van der Waals surface area contributed by atoms with E-state index in [1.165, 1.54) is 0 Å². The molecular formula is C24H41N3O3. The van der Waals surface area contributed by atoms with Crippen molar-refractivity contribution in [2.75, 3.05) is 24.6 Å². The molecule has 2 fully saturated rings. The molecule has 0 amide bonds. The van der Waals surface area contributed by atoms with Gasteiger partial charge in [-0.05, 0) is 58.4 Å². The summed E-state index contributed by atoms with van der Waals surface area (Å²) in [5.41, 5.74) is -0.501. The van der Waals surface area contributed by atoms with Crippen molar-refractivity contribution >= 4 is 5.82 Å². The maximum absolute atomic E-state index is 9.37. The summed E-state index contributed by atoms with van der Waals surface area (Å²) in [6.45, 7) is 16.3. The molecule has 1 saturated carbocycles. The molecule has 6 nitrogen and oxygen atoms in total. The van der Waals surface area contributed by atoms with Crippen molar-refractivity contribution in [2.24, 2.45) is 0 Å². The summed E-state index contributed by atoms with van der Waals surface area (Å²) in [5.74, 6) is 7.56. The minimum atomic E-state index is -0.501. The van der Waals surface area contributed by atoms with Gasteiger partial charge in [-0.3, -0.25) is 0 Å². The predicted octanol–water partition coefficient (Wildman–Crippen LogP) is 4.20. The van der Waals surface area contributed by atoms with Crippen molar-refractivity contribution in [1.29, 1.82) is 0 Å². The minimum Gasteiger partial charge on any atom is -0.393 e. The first-order valence-electron chi connectivity index (χ1n) is 11.5. The Balaban J connectivity index is 0.00000106. The van der Waals surface area contributed by atoms with Gasteiger partial charge in [0.05, 0.1) is 18.3 Å². The molecule has 3 rings (SSSR count). The van der Waals surface area contributed by atoms with Crippen LogP contribution in [0.2, 0.25) is 0 Å². The van der Waals surface area contributed by atoms with Crippen LogP contribution in [-0.2, 0) is 9.47 Å². The maximum Gasteiger partial charge on any atom is 0.206 e. The minimum absolute atomic E-state index is 0.159. The van der Waals surface area contributed by atoms with E-state index in [4.69, 9.17) is 9.47 Å². The fourth-order valence-corrected chi connectivity index (χ4v) is 3.33. The Hall–Kier alpha value is -1.68. The zero-order valence-corrected chi connectivity index (χ0v) is 19.9. The number of aliphatic hydroxyl groups is 1. The molecule has 1 aliphatic carbocycles. The first kappa shape index (κ1) is 26.4. The monoisotopic (exact) mass is 419 g/mol. The Labute approximate surface area is 183 Å². The molecule has 0 spiro atoms. The van der Waals surface area contributed by atoms with Crippen LogP contribution in [0.4, 0.5) is 5.82 Å². The molecule has 0 unspecified atom stereocenters. The average molecular weight is 420 g/mol. The lowest BCUT2D eigenvalue weighted by atomic mass is 9.92. The molecule has 0 radical (unpaired) electrons. The van der Waals surface area contributed by atoms with Crippen LogP contribution in [0.3, 0.4) is 0 Å². The molecular weight excluding hydrogens is 378 g/mol. The van der Waals surface area contributed by atoms with Crippen LogP contribution in [0, 0.1) is 11.8 Å². The van der Waals surface area contributed by atoms with E-state index in [0.717, 1.165) is 44.6 Å². The van der Waals surface area contributed by atoms with Gasteiger partial charge in [-0.15, -0.1) is 0 Å². The molecule has 1 aromatic rings. The van der Waals surface area contributed by atoms with E-state index in [9.17, 15) is 5.11 Å². The van der Waals surface area contributed by atoms with Crippen molar-refractivity contribution in [3.8, 4) is 11.8 Å². The number of rotatable bonds is 5.